The molecule has 1 aliphatic rings. The second-order valence-corrected chi connectivity index (χ2v) is 7.91. The van der Waals surface area contributed by atoms with Crippen molar-refractivity contribution in [3.05, 3.63) is 45.5 Å². The molecule has 1 aromatic rings. The highest BCUT2D eigenvalue weighted by Gasteiger charge is 2.34. The topological polar surface area (TPSA) is 86.5 Å². The van der Waals surface area contributed by atoms with Crippen LogP contribution in [0.15, 0.2) is 29.8 Å². The van der Waals surface area contributed by atoms with Crippen LogP contribution in [-0.4, -0.2) is 22.8 Å². The van der Waals surface area contributed by atoms with Gasteiger partial charge in [-0.15, -0.1) is 0 Å². The Hall–Kier alpha value is -2.50. The van der Waals surface area contributed by atoms with Crippen LogP contribution in [0.3, 0.4) is 0 Å². The Kier molecular flexibility index (Phi) is 5.95. The van der Waals surface area contributed by atoms with E-state index < -0.39 is 16.7 Å². The Morgan fingerprint density at radius 1 is 1.31 bits per heavy atom. The summed E-state index contributed by atoms with van der Waals surface area (Å²) in [7, 11) is 0. The van der Waals surface area contributed by atoms with E-state index in [-0.39, 0.29) is 22.8 Å². The van der Waals surface area contributed by atoms with Gasteiger partial charge in [-0.3, -0.25) is 14.9 Å². The second-order valence-electron chi connectivity index (χ2n) is 7.91. The average molecular weight is 359 g/mol. The highest BCUT2D eigenvalue weighted by Crippen LogP contribution is 2.39. The minimum Gasteiger partial charge on any atom is -0.459 e. The monoisotopic (exact) mass is 359 g/mol. The molecule has 0 heterocycles. The van der Waals surface area contributed by atoms with Crippen molar-refractivity contribution in [1.29, 1.82) is 0 Å². The lowest BCUT2D eigenvalue weighted by atomic mass is 9.71. The molecule has 26 heavy (non-hydrogen) atoms. The van der Waals surface area contributed by atoms with Crippen LogP contribution in [0.4, 0.5) is 5.69 Å². The molecule has 0 aromatic heterocycles. The minimum absolute atomic E-state index is 0.0861. The molecule has 2 atom stereocenters. The number of nitrogens with zero attached hydrogens (tertiary/aromatic N) is 1. The van der Waals surface area contributed by atoms with Crippen molar-refractivity contribution in [2.24, 2.45) is 11.3 Å². The van der Waals surface area contributed by atoms with Gasteiger partial charge in [-0.2, -0.15) is 0 Å². The number of nitro groups is 1. The molecular formula is C20H25NO5. The molecule has 0 radical (unpaired) electrons. The van der Waals surface area contributed by atoms with Crippen molar-refractivity contribution in [3.63, 3.8) is 0 Å². The van der Waals surface area contributed by atoms with Gasteiger partial charge in [-0.05, 0) is 49.2 Å². The molecule has 0 saturated heterocycles. The summed E-state index contributed by atoms with van der Waals surface area (Å²) >= 11 is 0. The second kappa shape index (κ2) is 7.81. The highest BCUT2D eigenvalue weighted by atomic mass is 16.6. The number of ketones is 1. The molecule has 2 rings (SSSR count). The van der Waals surface area contributed by atoms with Gasteiger partial charge in [0.15, 0.2) is 5.78 Å². The number of benzene rings is 1. The van der Waals surface area contributed by atoms with Crippen molar-refractivity contribution >= 4 is 23.5 Å². The standard InChI is InChI=1S/C20H25NO5/c1-13-8-17(12-20(3,4)11-13)26-19(23)18(14(2)22)10-15-6-5-7-16(9-15)21(24)25/h5-7,9-10,13,17H,8,11-12H2,1-4H3. The molecule has 6 nitrogen and oxygen atoms in total. The van der Waals surface area contributed by atoms with E-state index in [0.717, 1.165) is 19.3 Å². The number of non-ortho nitro benzene ring substituents is 1. The number of nitro benzene ring substituents is 1. The molecule has 1 aromatic carbocycles. The lowest BCUT2D eigenvalue weighted by molar-refractivity contribution is -0.384. The van der Waals surface area contributed by atoms with E-state index in [1.807, 2.05) is 0 Å². The quantitative estimate of drug-likeness (QED) is 0.195. The zero-order valence-electron chi connectivity index (χ0n) is 15.7. The molecular weight excluding hydrogens is 334 g/mol. The van der Waals surface area contributed by atoms with E-state index in [0.29, 0.717) is 11.5 Å². The van der Waals surface area contributed by atoms with Gasteiger partial charge in [0.1, 0.15) is 11.7 Å². The fourth-order valence-corrected chi connectivity index (χ4v) is 3.76. The van der Waals surface area contributed by atoms with Gasteiger partial charge in [-0.1, -0.05) is 32.9 Å². The Morgan fingerprint density at radius 3 is 2.58 bits per heavy atom. The predicted molar refractivity (Wildman–Crippen MR) is 98.4 cm³/mol. The first-order chi connectivity index (χ1) is 12.1. The summed E-state index contributed by atoms with van der Waals surface area (Å²) in [6, 6.07) is 5.80. The molecule has 0 N–H and O–H groups in total. The summed E-state index contributed by atoms with van der Waals surface area (Å²) in [5, 5.41) is 10.9. The summed E-state index contributed by atoms with van der Waals surface area (Å²) < 4.78 is 5.61. The molecule has 1 fully saturated rings. The van der Waals surface area contributed by atoms with E-state index >= 15 is 0 Å². The first-order valence-electron chi connectivity index (χ1n) is 8.75. The number of esters is 1. The van der Waals surface area contributed by atoms with E-state index in [1.54, 1.807) is 6.07 Å². The van der Waals surface area contributed by atoms with Crippen molar-refractivity contribution < 1.29 is 19.2 Å². The van der Waals surface area contributed by atoms with Gasteiger partial charge < -0.3 is 4.74 Å². The van der Waals surface area contributed by atoms with Gasteiger partial charge >= 0.3 is 5.97 Å². The fraction of sp³-hybridized carbons (Fsp3) is 0.500. The van der Waals surface area contributed by atoms with Crippen molar-refractivity contribution in [3.8, 4) is 0 Å². The lowest BCUT2D eigenvalue weighted by Gasteiger charge is -2.38. The van der Waals surface area contributed by atoms with E-state index in [2.05, 4.69) is 20.8 Å². The molecule has 0 aliphatic heterocycles. The Bertz CT molecular complexity index is 750. The molecule has 0 spiro atoms. The number of hydrogen-bond acceptors (Lipinski definition) is 5. The molecule has 1 aliphatic carbocycles. The number of hydrogen-bond donors (Lipinski definition) is 0. The van der Waals surface area contributed by atoms with Gasteiger partial charge in [0, 0.05) is 12.1 Å². The third-order valence-corrected chi connectivity index (χ3v) is 4.61. The summed E-state index contributed by atoms with van der Waals surface area (Å²) in [6.07, 6.45) is 3.73. The Balaban J connectivity index is 2.21. The van der Waals surface area contributed by atoms with E-state index in [1.165, 1.54) is 31.2 Å². The summed E-state index contributed by atoms with van der Waals surface area (Å²) in [6.45, 7) is 7.72. The molecule has 0 bridgehead atoms. The van der Waals surface area contributed by atoms with Crippen LogP contribution in [0.1, 0.15) is 52.5 Å². The Morgan fingerprint density at radius 2 is 2.00 bits per heavy atom. The van der Waals surface area contributed by atoms with Crippen LogP contribution >= 0.6 is 0 Å². The van der Waals surface area contributed by atoms with Crippen LogP contribution in [0, 0.1) is 21.4 Å². The highest BCUT2D eigenvalue weighted by molar-refractivity contribution is 6.19. The van der Waals surface area contributed by atoms with E-state index in [9.17, 15) is 19.7 Å². The zero-order valence-corrected chi connectivity index (χ0v) is 15.7. The number of carbonyl (C=O) groups excluding carboxylic acids is 2. The molecule has 0 amide bonds. The fourth-order valence-electron chi connectivity index (χ4n) is 3.76. The van der Waals surface area contributed by atoms with Crippen LogP contribution in [0.25, 0.3) is 6.08 Å². The summed E-state index contributed by atoms with van der Waals surface area (Å²) in [5.74, 6) is -0.651. The number of carbonyl (C=O) groups is 2. The van der Waals surface area contributed by atoms with Crippen LogP contribution < -0.4 is 0 Å². The van der Waals surface area contributed by atoms with Crippen molar-refractivity contribution in [1.82, 2.24) is 0 Å². The van der Waals surface area contributed by atoms with Gasteiger partial charge in [0.25, 0.3) is 5.69 Å². The van der Waals surface area contributed by atoms with Gasteiger partial charge in [0.2, 0.25) is 0 Å². The zero-order chi connectivity index (χ0) is 19.5. The normalized spacial score (nSPS) is 22.5. The minimum atomic E-state index is -0.668. The van der Waals surface area contributed by atoms with Crippen molar-refractivity contribution in [2.45, 2.75) is 53.1 Å². The first-order valence-corrected chi connectivity index (χ1v) is 8.75. The Labute approximate surface area is 153 Å². The molecule has 140 valence electrons. The van der Waals surface area contributed by atoms with Crippen LogP contribution in [-0.2, 0) is 14.3 Å². The predicted octanol–water partition coefficient (Wildman–Crippen LogP) is 4.33. The largest absolute Gasteiger partial charge is 0.459 e. The maximum absolute atomic E-state index is 12.5. The lowest BCUT2D eigenvalue weighted by Crippen LogP contribution is -2.34. The SMILES string of the molecule is CC(=O)C(=Cc1cccc([N+](=O)[O-])c1)C(=O)OC1CC(C)CC(C)(C)C1. The molecule has 2 unspecified atom stereocenters. The van der Waals surface area contributed by atoms with E-state index in [4.69, 9.17) is 4.74 Å². The van der Waals surface area contributed by atoms with Gasteiger partial charge in [-0.25, -0.2) is 4.79 Å². The third-order valence-electron chi connectivity index (χ3n) is 4.61. The molecule has 6 heteroatoms. The van der Waals surface area contributed by atoms with Crippen molar-refractivity contribution in [2.75, 3.05) is 0 Å². The maximum Gasteiger partial charge on any atom is 0.342 e. The number of Topliss-reactive ketones (excluding diaryl/α,β-unsaturated/α-hetero) is 1. The number of ether oxygens (including phenoxy) is 1. The average Bonchev–Trinajstić information content (AvgIpc) is 2.50. The first kappa shape index (κ1) is 19.8. The number of rotatable bonds is 5. The summed E-state index contributed by atoms with van der Waals surface area (Å²) in [4.78, 5) is 34.9. The van der Waals surface area contributed by atoms with Gasteiger partial charge in [0.05, 0.1) is 4.92 Å². The maximum atomic E-state index is 12.5. The summed E-state index contributed by atoms with van der Waals surface area (Å²) in [5.41, 5.74) is 0.307. The van der Waals surface area contributed by atoms with Crippen LogP contribution in [0.5, 0.6) is 0 Å². The van der Waals surface area contributed by atoms with Crippen LogP contribution in [0.2, 0.25) is 0 Å². The smallest absolute Gasteiger partial charge is 0.342 e. The molecule has 1 saturated carbocycles. The third kappa shape index (κ3) is 5.25.